The van der Waals surface area contributed by atoms with Crippen LogP contribution in [-0.4, -0.2) is 55.7 Å². The molecule has 0 radical (unpaired) electrons. The first kappa shape index (κ1) is 29.8. The summed E-state index contributed by atoms with van der Waals surface area (Å²) in [6.07, 6.45) is 7.83. The summed E-state index contributed by atoms with van der Waals surface area (Å²) >= 11 is 0. The predicted octanol–water partition coefficient (Wildman–Crippen LogP) is 4.99. The molecule has 14 heteroatoms. The second kappa shape index (κ2) is 12.2. The number of rotatable bonds is 9. The Balaban J connectivity index is 1.20. The second-order valence-corrected chi connectivity index (χ2v) is 12.8. The summed E-state index contributed by atoms with van der Waals surface area (Å²) in [4.78, 5) is 34.0. The van der Waals surface area contributed by atoms with Gasteiger partial charge in [-0.1, -0.05) is 30.3 Å². The minimum Gasteiger partial charge on any atom is -0.337 e. The summed E-state index contributed by atoms with van der Waals surface area (Å²) in [6, 6.07) is 19.2. The van der Waals surface area contributed by atoms with Gasteiger partial charge in [0.15, 0.2) is 11.5 Å². The largest absolute Gasteiger partial charge is 0.337 e. The molecular formula is C33H26FN9O3S. The number of aromatic amines is 2. The number of anilines is 1. The average Bonchev–Trinajstić information content (AvgIpc) is 3.68. The summed E-state index contributed by atoms with van der Waals surface area (Å²) in [6.45, 7) is -0.0701. The Kier molecular flexibility index (Phi) is 7.71. The van der Waals surface area contributed by atoms with Gasteiger partial charge in [0, 0.05) is 41.8 Å². The number of carbonyl (C=O) groups excluding carboxylic acids is 1. The van der Waals surface area contributed by atoms with Crippen LogP contribution in [0, 0.1) is 5.82 Å². The topological polar surface area (TPSA) is 171 Å². The van der Waals surface area contributed by atoms with E-state index in [1.807, 2.05) is 42.5 Å². The standard InChI is InChI=1S/C33H26FN9O3S/c1-47(45,46)38-15-20-9-21(12-24(34)10-20)29-31-27(7-8-36-29)40-33(41-31)30-26-14-23(17-37-32(26)43-42-30)22-13-25(18-35-16-22)39-28(44)11-19-5-3-2-4-6-19/h2-10,12-14,16-18,38H,11,15H2,1H3,(H,39,44)(H,40,41)(H,37,42,43). The highest BCUT2D eigenvalue weighted by Gasteiger charge is 2.18. The summed E-state index contributed by atoms with van der Waals surface area (Å²) in [7, 11) is -3.47. The lowest BCUT2D eigenvalue weighted by molar-refractivity contribution is -0.115. The molecule has 4 N–H and O–H groups in total. The minimum atomic E-state index is -3.47. The number of imidazole rings is 1. The van der Waals surface area contributed by atoms with Crippen molar-refractivity contribution in [2.24, 2.45) is 0 Å². The Morgan fingerprint density at radius 2 is 1.74 bits per heavy atom. The number of aromatic nitrogens is 7. The first-order valence-electron chi connectivity index (χ1n) is 14.4. The number of nitrogens with zero attached hydrogens (tertiary/aromatic N) is 5. The molecule has 0 spiro atoms. The van der Waals surface area contributed by atoms with Gasteiger partial charge in [-0.3, -0.25) is 19.9 Å². The van der Waals surface area contributed by atoms with E-state index in [-0.39, 0.29) is 18.9 Å². The van der Waals surface area contributed by atoms with Gasteiger partial charge in [0.1, 0.15) is 17.0 Å². The molecule has 7 rings (SSSR count). The van der Waals surface area contributed by atoms with Crippen LogP contribution >= 0.6 is 0 Å². The van der Waals surface area contributed by atoms with E-state index in [1.165, 1.54) is 12.1 Å². The van der Waals surface area contributed by atoms with Gasteiger partial charge in [-0.25, -0.2) is 27.5 Å². The van der Waals surface area contributed by atoms with Gasteiger partial charge < -0.3 is 10.3 Å². The number of amides is 1. The zero-order valence-electron chi connectivity index (χ0n) is 24.8. The Labute approximate surface area is 267 Å². The molecule has 0 unspecified atom stereocenters. The quantitative estimate of drug-likeness (QED) is 0.170. The molecule has 0 fully saturated rings. The van der Waals surface area contributed by atoms with Crippen molar-refractivity contribution < 1.29 is 17.6 Å². The zero-order chi connectivity index (χ0) is 32.5. The van der Waals surface area contributed by atoms with Crippen LogP contribution in [0.1, 0.15) is 11.1 Å². The molecule has 5 heterocycles. The Morgan fingerprint density at radius 3 is 2.57 bits per heavy atom. The molecule has 7 aromatic rings. The molecule has 0 aliphatic heterocycles. The van der Waals surface area contributed by atoms with Crippen LogP contribution in [0.4, 0.5) is 10.1 Å². The molecule has 1 amide bonds. The summed E-state index contributed by atoms with van der Waals surface area (Å²) in [5.41, 5.74) is 6.45. The number of carbonyl (C=O) groups is 1. The number of hydrogen-bond acceptors (Lipinski definition) is 8. The number of nitrogens with one attached hydrogen (secondary N) is 4. The van der Waals surface area contributed by atoms with E-state index < -0.39 is 15.8 Å². The van der Waals surface area contributed by atoms with Gasteiger partial charge in [-0.05, 0) is 47.5 Å². The van der Waals surface area contributed by atoms with Gasteiger partial charge in [-0.15, -0.1) is 0 Å². The highest BCUT2D eigenvalue weighted by Crippen LogP contribution is 2.32. The van der Waals surface area contributed by atoms with Crippen molar-refractivity contribution in [3.05, 3.63) is 108 Å². The minimum absolute atomic E-state index is 0.0701. The Bertz CT molecular complexity index is 2390. The van der Waals surface area contributed by atoms with E-state index in [1.54, 1.807) is 36.9 Å². The number of halogens is 1. The fourth-order valence-corrected chi connectivity index (χ4v) is 5.69. The van der Waals surface area contributed by atoms with E-state index in [2.05, 4.69) is 40.2 Å². The van der Waals surface area contributed by atoms with Crippen molar-refractivity contribution in [3.8, 4) is 33.9 Å². The van der Waals surface area contributed by atoms with Gasteiger partial charge in [0.2, 0.25) is 15.9 Å². The molecular weight excluding hydrogens is 621 g/mol. The number of sulfonamides is 1. The van der Waals surface area contributed by atoms with E-state index >= 15 is 0 Å². The van der Waals surface area contributed by atoms with Crippen LogP contribution < -0.4 is 10.0 Å². The van der Waals surface area contributed by atoms with Gasteiger partial charge in [-0.2, -0.15) is 5.10 Å². The van der Waals surface area contributed by atoms with Crippen LogP contribution in [0.15, 0.2) is 91.5 Å². The number of H-pyrrole nitrogens is 2. The fourth-order valence-electron chi connectivity index (χ4n) is 5.26. The summed E-state index contributed by atoms with van der Waals surface area (Å²) < 4.78 is 40.1. The molecule has 0 aliphatic rings. The molecule has 0 bridgehead atoms. The molecule has 0 saturated heterocycles. The van der Waals surface area contributed by atoms with Crippen molar-refractivity contribution in [2.45, 2.75) is 13.0 Å². The molecule has 0 atom stereocenters. The van der Waals surface area contributed by atoms with Crippen molar-refractivity contribution in [1.82, 2.24) is 39.8 Å². The number of fused-ring (bicyclic) bond motifs is 2. The first-order chi connectivity index (χ1) is 22.7. The van der Waals surface area contributed by atoms with Crippen molar-refractivity contribution in [1.29, 1.82) is 0 Å². The highest BCUT2D eigenvalue weighted by atomic mass is 32.2. The van der Waals surface area contributed by atoms with Crippen molar-refractivity contribution >= 4 is 43.7 Å². The van der Waals surface area contributed by atoms with Crippen LogP contribution in [0.2, 0.25) is 0 Å². The van der Waals surface area contributed by atoms with E-state index in [0.29, 0.717) is 56.1 Å². The van der Waals surface area contributed by atoms with Gasteiger partial charge in [0.05, 0.1) is 41.2 Å². The van der Waals surface area contributed by atoms with E-state index in [4.69, 9.17) is 4.98 Å². The van der Waals surface area contributed by atoms with Crippen LogP contribution in [-0.2, 0) is 27.8 Å². The molecule has 2 aromatic carbocycles. The normalized spacial score (nSPS) is 11.7. The number of hydrogen-bond donors (Lipinski definition) is 4. The maximum atomic E-state index is 14.6. The lowest BCUT2D eigenvalue weighted by Crippen LogP contribution is -2.21. The Hall–Kier alpha value is -5.86. The molecule has 0 saturated carbocycles. The third kappa shape index (κ3) is 6.59. The maximum Gasteiger partial charge on any atom is 0.228 e. The monoisotopic (exact) mass is 647 g/mol. The molecule has 47 heavy (non-hydrogen) atoms. The smallest absolute Gasteiger partial charge is 0.228 e. The predicted molar refractivity (Wildman–Crippen MR) is 176 cm³/mol. The fraction of sp³-hybridized carbons (Fsp3) is 0.0909. The second-order valence-electron chi connectivity index (χ2n) is 10.9. The molecule has 234 valence electrons. The SMILES string of the molecule is CS(=O)(=O)NCc1cc(F)cc(-c2nccc3[nH]c(-c4[nH]nc5ncc(-c6cncc(NC(=O)Cc7ccccc7)c6)cc45)nc23)c1. The third-order valence-corrected chi connectivity index (χ3v) is 8.05. The average molecular weight is 648 g/mol. The first-order valence-corrected chi connectivity index (χ1v) is 16.3. The Morgan fingerprint density at radius 1 is 0.915 bits per heavy atom. The number of pyridine rings is 3. The van der Waals surface area contributed by atoms with Crippen molar-refractivity contribution in [2.75, 3.05) is 11.6 Å². The van der Waals surface area contributed by atoms with Gasteiger partial charge in [0.25, 0.3) is 0 Å². The molecule has 12 nitrogen and oxygen atoms in total. The summed E-state index contributed by atoms with van der Waals surface area (Å²) in [5, 5.41) is 11.0. The number of benzene rings is 2. The van der Waals surface area contributed by atoms with Crippen LogP contribution in [0.5, 0.6) is 0 Å². The maximum absolute atomic E-state index is 14.6. The van der Waals surface area contributed by atoms with Crippen LogP contribution in [0.3, 0.4) is 0 Å². The lowest BCUT2D eigenvalue weighted by atomic mass is 10.1. The summed E-state index contributed by atoms with van der Waals surface area (Å²) in [5.74, 6) is -0.222. The highest BCUT2D eigenvalue weighted by molar-refractivity contribution is 7.88. The van der Waals surface area contributed by atoms with Crippen LogP contribution in [0.25, 0.3) is 56.0 Å². The van der Waals surface area contributed by atoms with E-state index in [0.717, 1.165) is 22.9 Å². The lowest BCUT2D eigenvalue weighted by Gasteiger charge is -2.07. The zero-order valence-corrected chi connectivity index (χ0v) is 25.6. The van der Waals surface area contributed by atoms with E-state index in [9.17, 15) is 17.6 Å². The molecule has 5 aromatic heterocycles. The molecule has 0 aliphatic carbocycles. The van der Waals surface area contributed by atoms with Crippen molar-refractivity contribution in [3.63, 3.8) is 0 Å². The van der Waals surface area contributed by atoms with Gasteiger partial charge >= 0.3 is 0 Å². The third-order valence-electron chi connectivity index (χ3n) is 7.38.